The van der Waals surface area contributed by atoms with Crippen LogP contribution in [0.5, 0.6) is 11.5 Å². The van der Waals surface area contributed by atoms with Crippen molar-refractivity contribution in [2.24, 2.45) is 0 Å². The molecule has 1 heterocycles. The van der Waals surface area contributed by atoms with E-state index < -0.39 is 22.0 Å². The highest BCUT2D eigenvalue weighted by Gasteiger charge is 2.39. The van der Waals surface area contributed by atoms with Gasteiger partial charge in [-0.05, 0) is 53.9 Å². The van der Waals surface area contributed by atoms with Crippen molar-refractivity contribution in [2.75, 3.05) is 19.5 Å². The van der Waals surface area contributed by atoms with Gasteiger partial charge in [0.1, 0.15) is 17.5 Å². The molecule has 0 radical (unpaired) electrons. The Labute approximate surface area is 187 Å². The van der Waals surface area contributed by atoms with Gasteiger partial charge in [0.15, 0.2) is 0 Å². The molecule has 0 aliphatic carbocycles. The van der Waals surface area contributed by atoms with E-state index in [0.29, 0.717) is 17.2 Å². The van der Waals surface area contributed by atoms with E-state index in [2.05, 4.69) is 5.32 Å². The molecule has 1 amide bonds. The number of hydrogen-bond acceptors (Lipinski definition) is 5. The number of carbonyl (C=O) groups is 1. The van der Waals surface area contributed by atoms with Crippen molar-refractivity contribution in [1.82, 2.24) is 4.31 Å². The van der Waals surface area contributed by atoms with Crippen molar-refractivity contribution in [2.45, 2.75) is 23.9 Å². The second kappa shape index (κ2) is 9.02. The Morgan fingerprint density at radius 3 is 2.25 bits per heavy atom. The smallest absolute Gasteiger partial charge is 0.244 e. The zero-order valence-electron chi connectivity index (χ0n) is 17.8. The van der Waals surface area contributed by atoms with Gasteiger partial charge < -0.3 is 14.8 Å². The van der Waals surface area contributed by atoms with Crippen LogP contribution in [-0.4, -0.2) is 38.9 Å². The van der Waals surface area contributed by atoms with E-state index in [1.54, 1.807) is 36.4 Å². The number of benzene rings is 3. The van der Waals surface area contributed by atoms with Crippen molar-refractivity contribution in [1.29, 1.82) is 0 Å². The van der Waals surface area contributed by atoms with Crippen molar-refractivity contribution in [3.05, 3.63) is 83.9 Å². The minimum Gasteiger partial charge on any atom is -0.497 e. The number of methoxy groups -OCH3 is 2. The number of fused-ring (bicyclic) bond motifs is 1. The molecular weight excluding hydrogens is 428 g/mol. The third-order valence-electron chi connectivity index (χ3n) is 5.54. The van der Waals surface area contributed by atoms with E-state index >= 15 is 0 Å². The number of nitrogens with one attached hydrogen (secondary N) is 1. The zero-order valence-corrected chi connectivity index (χ0v) is 18.6. The fourth-order valence-electron chi connectivity index (χ4n) is 3.82. The first-order chi connectivity index (χ1) is 15.4. The lowest BCUT2D eigenvalue weighted by atomic mass is 9.95. The quantitative estimate of drug-likeness (QED) is 0.619. The number of nitrogens with zero attached hydrogens (tertiary/aromatic N) is 1. The maximum Gasteiger partial charge on any atom is 0.244 e. The maximum atomic E-state index is 13.6. The summed E-state index contributed by atoms with van der Waals surface area (Å²) in [5.41, 5.74) is 2.32. The normalized spacial score (nSPS) is 16.1. The van der Waals surface area contributed by atoms with Crippen LogP contribution in [0.15, 0.2) is 77.7 Å². The first-order valence-electron chi connectivity index (χ1n) is 10.1. The van der Waals surface area contributed by atoms with Crippen LogP contribution in [0.4, 0.5) is 5.69 Å². The maximum absolute atomic E-state index is 13.6. The molecule has 1 aliphatic heterocycles. The van der Waals surface area contributed by atoms with Gasteiger partial charge in [0.25, 0.3) is 0 Å². The number of para-hydroxylation sites is 2. The Bertz CT molecular complexity index is 1230. The summed E-state index contributed by atoms with van der Waals surface area (Å²) < 4.78 is 38.9. The molecule has 1 atom stereocenters. The van der Waals surface area contributed by atoms with Gasteiger partial charge in [0.05, 0.1) is 24.8 Å². The third-order valence-corrected chi connectivity index (χ3v) is 7.41. The summed E-state index contributed by atoms with van der Waals surface area (Å²) in [4.78, 5) is 13.4. The molecule has 3 aromatic rings. The van der Waals surface area contributed by atoms with E-state index in [1.807, 2.05) is 24.3 Å². The average Bonchev–Trinajstić information content (AvgIpc) is 2.83. The summed E-state index contributed by atoms with van der Waals surface area (Å²) in [6.07, 6.45) is 0.270. The number of anilines is 1. The number of amides is 1. The second-order valence-electron chi connectivity index (χ2n) is 7.40. The lowest BCUT2D eigenvalue weighted by molar-refractivity contribution is -0.120. The molecule has 0 unspecified atom stereocenters. The Balaban J connectivity index is 1.71. The number of hydrogen-bond donors (Lipinski definition) is 1. The predicted molar refractivity (Wildman–Crippen MR) is 121 cm³/mol. The SMILES string of the molecule is COc1ccc(S(=O)(=O)N2Cc3ccccc3C[C@H]2C(=O)Nc2ccccc2OC)cc1. The highest BCUT2D eigenvalue weighted by atomic mass is 32.2. The molecule has 0 spiro atoms. The number of rotatable bonds is 6. The minimum atomic E-state index is -3.95. The van der Waals surface area contributed by atoms with Gasteiger partial charge in [-0.3, -0.25) is 4.79 Å². The first kappa shape index (κ1) is 21.9. The van der Waals surface area contributed by atoms with E-state index in [1.165, 1.54) is 30.7 Å². The molecule has 166 valence electrons. The largest absolute Gasteiger partial charge is 0.497 e. The van der Waals surface area contributed by atoms with E-state index in [9.17, 15) is 13.2 Å². The highest BCUT2D eigenvalue weighted by Crippen LogP contribution is 2.31. The monoisotopic (exact) mass is 452 g/mol. The van der Waals surface area contributed by atoms with Gasteiger partial charge in [-0.2, -0.15) is 4.31 Å². The summed E-state index contributed by atoms with van der Waals surface area (Å²) in [7, 11) is -0.913. The Hall–Kier alpha value is -3.36. The number of sulfonamides is 1. The van der Waals surface area contributed by atoms with Gasteiger partial charge in [-0.25, -0.2) is 8.42 Å². The minimum absolute atomic E-state index is 0.104. The molecule has 8 heteroatoms. The lowest BCUT2D eigenvalue weighted by Crippen LogP contribution is -2.50. The summed E-state index contributed by atoms with van der Waals surface area (Å²) in [6, 6.07) is 19.8. The van der Waals surface area contributed by atoms with Crippen LogP contribution in [0.25, 0.3) is 0 Å². The molecule has 3 aromatic carbocycles. The van der Waals surface area contributed by atoms with Crippen molar-refractivity contribution in [3.63, 3.8) is 0 Å². The topological polar surface area (TPSA) is 84.9 Å². The standard InChI is InChI=1S/C24H24N2O5S/c1-30-19-11-13-20(14-12-19)32(28,29)26-16-18-8-4-3-7-17(18)15-22(26)24(27)25-21-9-5-6-10-23(21)31-2/h3-14,22H,15-16H2,1-2H3,(H,25,27)/t22-/m0/s1. The summed E-state index contributed by atoms with van der Waals surface area (Å²) >= 11 is 0. The van der Waals surface area contributed by atoms with Crippen molar-refractivity contribution >= 4 is 21.6 Å². The molecule has 1 N–H and O–H groups in total. The van der Waals surface area contributed by atoms with Crippen molar-refractivity contribution < 1.29 is 22.7 Å². The Morgan fingerprint density at radius 2 is 1.56 bits per heavy atom. The van der Waals surface area contributed by atoms with Crippen LogP contribution >= 0.6 is 0 Å². The number of carbonyl (C=O) groups excluding carboxylic acids is 1. The molecule has 0 aromatic heterocycles. The van der Waals surface area contributed by atoms with Gasteiger partial charge >= 0.3 is 0 Å². The fourth-order valence-corrected chi connectivity index (χ4v) is 5.39. The van der Waals surface area contributed by atoms with Crippen LogP contribution in [0, 0.1) is 0 Å². The van der Waals surface area contributed by atoms with E-state index in [0.717, 1.165) is 11.1 Å². The average molecular weight is 453 g/mol. The van der Waals surface area contributed by atoms with Gasteiger partial charge in [0.2, 0.25) is 15.9 Å². The molecule has 7 nitrogen and oxygen atoms in total. The summed E-state index contributed by atoms with van der Waals surface area (Å²) in [6.45, 7) is 0.106. The molecule has 0 fully saturated rings. The first-order valence-corrected chi connectivity index (χ1v) is 11.5. The predicted octanol–water partition coefficient (Wildman–Crippen LogP) is 3.46. The van der Waals surface area contributed by atoms with E-state index in [4.69, 9.17) is 9.47 Å². The molecule has 0 saturated carbocycles. The van der Waals surface area contributed by atoms with Crippen molar-refractivity contribution in [3.8, 4) is 11.5 Å². The second-order valence-corrected chi connectivity index (χ2v) is 9.29. The highest BCUT2D eigenvalue weighted by molar-refractivity contribution is 7.89. The molecule has 1 aliphatic rings. The zero-order chi connectivity index (χ0) is 22.7. The van der Waals surface area contributed by atoms with Crippen LogP contribution < -0.4 is 14.8 Å². The van der Waals surface area contributed by atoms with Crippen LogP contribution in [0.3, 0.4) is 0 Å². The molecule has 0 bridgehead atoms. The summed E-state index contributed by atoms with van der Waals surface area (Å²) in [5, 5.41) is 2.84. The molecule has 0 saturated heterocycles. The summed E-state index contributed by atoms with van der Waals surface area (Å²) in [5.74, 6) is 0.640. The van der Waals surface area contributed by atoms with Gasteiger partial charge in [0, 0.05) is 6.54 Å². The molecule has 32 heavy (non-hydrogen) atoms. The third kappa shape index (κ3) is 4.19. The van der Waals surface area contributed by atoms with Gasteiger partial charge in [-0.1, -0.05) is 36.4 Å². The van der Waals surface area contributed by atoms with Crippen LogP contribution in [0.1, 0.15) is 11.1 Å². The Kier molecular flexibility index (Phi) is 6.16. The number of ether oxygens (including phenoxy) is 2. The van der Waals surface area contributed by atoms with Crippen LogP contribution in [-0.2, 0) is 27.8 Å². The van der Waals surface area contributed by atoms with Crippen LogP contribution in [0.2, 0.25) is 0 Å². The van der Waals surface area contributed by atoms with E-state index in [-0.39, 0.29) is 17.9 Å². The Morgan fingerprint density at radius 1 is 0.906 bits per heavy atom. The molecule has 4 rings (SSSR count). The molecular formula is C24H24N2O5S. The van der Waals surface area contributed by atoms with Gasteiger partial charge in [-0.15, -0.1) is 0 Å². The fraction of sp³-hybridized carbons (Fsp3) is 0.208. The lowest BCUT2D eigenvalue weighted by Gasteiger charge is -2.35.